The lowest BCUT2D eigenvalue weighted by Gasteiger charge is -2.07. The largest absolute Gasteiger partial charge is 0.484 e. The SMILES string of the molecule is Cc1cccc(OCC(=O)NCCc2ccoc2)c1. The van der Waals surface area contributed by atoms with E-state index in [4.69, 9.17) is 9.15 Å². The van der Waals surface area contributed by atoms with Gasteiger partial charge in [0.05, 0.1) is 12.5 Å². The fourth-order valence-electron chi connectivity index (χ4n) is 1.69. The summed E-state index contributed by atoms with van der Waals surface area (Å²) >= 11 is 0. The summed E-state index contributed by atoms with van der Waals surface area (Å²) in [5.74, 6) is 0.593. The minimum Gasteiger partial charge on any atom is -0.484 e. The van der Waals surface area contributed by atoms with Crippen LogP contribution >= 0.6 is 0 Å². The number of hydrogen-bond acceptors (Lipinski definition) is 3. The van der Waals surface area contributed by atoms with E-state index in [1.807, 2.05) is 37.3 Å². The van der Waals surface area contributed by atoms with E-state index < -0.39 is 0 Å². The molecule has 2 rings (SSSR count). The molecule has 0 fully saturated rings. The van der Waals surface area contributed by atoms with Crippen LogP contribution in [-0.2, 0) is 11.2 Å². The van der Waals surface area contributed by atoms with Gasteiger partial charge >= 0.3 is 0 Å². The molecular weight excluding hydrogens is 242 g/mol. The van der Waals surface area contributed by atoms with Gasteiger partial charge in [0.1, 0.15) is 5.75 Å². The smallest absolute Gasteiger partial charge is 0.257 e. The van der Waals surface area contributed by atoms with E-state index in [0.29, 0.717) is 12.3 Å². The van der Waals surface area contributed by atoms with Crippen molar-refractivity contribution < 1.29 is 13.9 Å². The van der Waals surface area contributed by atoms with E-state index in [1.54, 1.807) is 12.5 Å². The highest BCUT2D eigenvalue weighted by Crippen LogP contribution is 2.11. The van der Waals surface area contributed by atoms with E-state index in [2.05, 4.69) is 5.32 Å². The summed E-state index contributed by atoms with van der Waals surface area (Å²) < 4.78 is 10.4. The maximum Gasteiger partial charge on any atom is 0.257 e. The van der Waals surface area contributed by atoms with Gasteiger partial charge in [-0.2, -0.15) is 0 Å². The van der Waals surface area contributed by atoms with Crippen molar-refractivity contribution in [1.29, 1.82) is 0 Å². The molecule has 0 unspecified atom stereocenters. The highest BCUT2D eigenvalue weighted by molar-refractivity contribution is 5.77. The van der Waals surface area contributed by atoms with Gasteiger partial charge < -0.3 is 14.5 Å². The van der Waals surface area contributed by atoms with E-state index >= 15 is 0 Å². The summed E-state index contributed by atoms with van der Waals surface area (Å²) in [5, 5.41) is 2.80. The number of hydrogen-bond donors (Lipinski definition) is 1. The highest BCUT2D eigenvalue weighted by atomic mass is 16.5. The van der Waals surface area contributed by atoms with E-state index in [0.717, 1.165) is 17.5 Å². The second-order valence-corrected chi connectivity index (χ2v) is 4.34. The van der Waals surface area contributed by atoms with Crippen molar-refractivity contribution in [3.05, 3.63) is 54.0 Å². The normalized spacial score (nSPS) is 10.2. The highest BCUT2D eigenvalue weighted by Gasteiger charge is 2.03. The summed E-state index contributed by atoms with van der Waals surface area (Å²) in [6, 6.07) is 9.51. The van der Waals surface area contributed by atoms with E-state index in [9.17, 15) is 4.79 Å². The zero-order valence-corrected chi connectivity index (χ0v) is 10.9. The van der Waals surface area contributed by atoms with Gasteiger partial charge in [0, 0.05) is 6.54 Å². The first-order valence-electron chi connectivity index (χ1n) is 6.21. The summed E-state index contributed by atoms with van der Waals surface area (Å²) in [4.78, 5) is 11.6. The van der Waals surface area contributed by atoms with Gasteiger partial charge in [0.2, 0.25) is 0 Å². The Morgan fingerprint density at radius 1 is 1.37 bits per heavy atom. The molecule has 0 spiro atoms. The van der Waals surface area contributed by atoms with Crippen molar-refractivity contribution in [3.63, 3.8) is 0 Å². The fourth-order valence-corrected chi connectivity index (χ4v) is 1.69. The molecule has 1 N–H and O–H groups in total. The number of benzene rings is 1. The number of furan rings is 1. The Bertz CT molecular complexity index is 520. The predicted molar refractivity (Wildman–Crippen MR) is 72.1 cm³/mol. The van der Waals surface area contributed by atoms with Crippen LogP contribution in [0.3, 0.4) is 0 Å². The van der Waals surface area contributed by atoms with Gasteiger partial charge in [-0.25, -0.2) is 0 Å². The number of amides is 1. The number of aryl methyl sites for hydroxylation is 1. The van der Waals surface area contributed by atoms with Crippen LogP contribution in [-0.4, -0.2) is 19.1 Å². The Kier molecular flexibility index (Phi) is 4.61. The first kappa shape index (κ1) is 13.2. The molecule has 0 aliphatic carbocycles. The van der Waals surface area contributed by atoms with Crippen molar-refractivity contribution in [1.82, 2.24) is 5.32 Å². The predicted octanol–water partition coefficient (Wildman–Crippen LogP) is 2.33. The van der Waals surface area contributed by atoms with Crippen molar-refractivity contribution in [2.45, 2.75) is 13.3 Å². The molecule has 1 aromatic heterocycles. The van der Waals surface area contributed by atoms with Crippen molar-refractivity contribution in [2.24, 2.45) is 0 Å². The Morgan fingerprint density at radius 2 is 2.26 bits per heavy atom. The zero-order chi connectivity index (χ0) is 13.5. The summed E-state index contributed by atoms with van der Waals surface area (Å²) in [5.41, 5.74) is 2.18. The molecule has 4 heteroatoms. The van der Waals surface area contributed by atoms with E-state index in [-0.39, 0.29) is 12.5 Å². The second kappa shape index (κ2) is 6.64. The molecule has 1 amide bonds. The van der Waals surface area contributed by atoms with Crippen LogP contribution in [0.1, 0.15) is 11.1 Å². The third kappa shape index (κ3) is 4.50. The maximum absolute atomic E-state index is 11.6. The standard InChI is InChI=1S/C15H17NO3/c1-12-3-2-4-14(9-12)19-11-15(17)16-7-5-13-6-8-18-10-13/h2-4,6,8-10H,5,7,11H2,1H3,(H,16,17). The zero-order valence-electron chi connectivity index (χ0n) is 10.9. The third-order valence-electron chi connectivity index (χ3n) is 2.68. The van der Waals surface area contributed by atoms with Crippen LogP contribution in [0.5, 0.6) is 5.75 Å². The Hall–Kier alpha value is -2.23. The number of carbonyl (C=O) groups excluding carboxylic acids is 1. The topological polar surface area (TPSA) is 51.5 Å². The Balaban J connectivity index is 1.67. The minimum atomic E-state index is -0.120. The van der Waals surface area contributed by atoms with Crippen LogP contribution in [0.25, 0.3) is 0 Å². The van der Waals surface area contributed by atoms with Gasteiger partial charge in [-0.1, -0.05) is 12.1 Å². The lowest BCUT2D eigenvalue weighted by atomic mass is 10.2. The molecule has 0 aliphatic rings. The summed E-state index contributed by atoms with van der Waals surface area (Å²) in [6.45, 7) is 2.60. The van der Waals surface area contributed by atoms with Crippen LogP contribution in [0.4, 0.5) is 0 Å². The molecule has 1 aromatic carbocycles. The van der Waals surface area contributed by atoms with Crippen LogP contribution in [0.15, 0.2) is 47.3 Å². The van der Waals surface area contributed by atoms with Crippen LogP contribution in [0.2, 0.25) is 0 Å². The molecule has 100 valence electrons. The van der Waals surface area contributed by atoms with Crippen molar-refractivity contribution >= 4 is 5.91 Å². The fraction of sp³-hybridized carbons (Fsp3) is 0.267. The summed E-state index contributed by atoms with van der Waals surface area (Å²) in [6.07, 6.45) is 4.06. The molecule has 0 bridgehead atoms. The van der Waals surface area contributed by atoms with Gasteiger partial charge in [0.25, 0.3) is 5.91 Å². The second-order valence-electron chi connectivity index (χ2n) is 4.34. The molecule has 0 saturated heterocycles. The molecule has 0 radical (unpaired) electrons. The molecule has 1 heterocycles. The van der Waals surface area contributed by atoms with Gasteiger partial charge in [-0.15, -0.1) is 0 Å². The first-order chi connectivity index (χ1) is 9.24. The minimum absolute atomic E-state index is 0.0365. The molecule has 2 aromatic rings. The average molecular weight is 259 g/mol. The quantitative estimate of drug-likeness (QED) is 0.866. The lowest BCUT2D eigenvalue weighted by molar-refractivity contribution is -0.123. The number of carbonyl (C=O) groups is 1. The van der Waals surface area contributed by atoms with Crippen molar-refractivity contribution in [2.75, 3.05) is 13.2 Å². The first-order valence-corrected chi connectivity index (χ1v) is 6.21. The molecular formula is C15H17NO3. The molecule has 0 saturated carbocycles. The number of ether oxygens (including phenoxy) is 1. The Labute approximate surface area is 112 Å². The van der Waals surface area contributed by atoms with Gasteiger partial charge in [-0.3, -0.25) is 4.79 Å². The summed E-state index contributed by atoms with van der Waals surface area (Å²) in [7, 11) is 0. The number of rotatable bonds is 6. The third-order valence-corrected chi connectivity index (χ3v) is 2.68. The maximum atomic E-state index is 11.6. The van der Waals surface area contributed by atoms with Gasteiger partial charge in [0.15, 0.2) is 6.61 Å². The van der Waals surface area contributed by atoms with Crippen LogP contribution in [0, 0.1) is 6.92 Å². The monoisotopic (exact) mass is 259 g/mol. The average Bonchev–Trinajstić information content (AvgIpc) is 2.90. The number of nitrogens with one attached hydrogen (secondary N) is 1. The van der Waals surface area contributed by atoms with Crippen LogP contribution < -0.4 is 10.1 Å². The molecule has 0 aliphatic heterocycles. The van der Waals surface area contributed by atoms with Crippen molar-refractivity contribution in [3.8, 4) is 5.75 Å². The molecule has 4 nitrogen and oxygen atoms in total. The van der Waals surface area contributed by atoms with Gasteiger partial charge in [-0.05, 0) is 42.7 Å². The lowest BCUT2D eigenvalue weighted by Crippen LogP contribution is -2.30. The Morgan fingerprint density at radius 3 is 3.00 bits per heavy atom. The molecule has 19 heavy (non-hydrogen) atoms. The van der Waals surface area contributed by atoms with E-state index in [1.165, 1.54) is 0 Å². The molecule has 0 atom stereocenters.